The highest BCUT2D eigenvalue weighted by molar-refractivity contribution is 5.10. The minimum atomic E-state index is -0.00329. The van der Waals surface area contributed by atoms with Crippen LogP contribution in [0.2, 0.25) is 0 Å². The van der Waals surface area contributed by atoms with E-state index in [-0.39, 0.29) is 18.6 Å². The van der Waals surface area contributed by atoms with Gasteiger partial charge in [0, 0.05) is 30.5 Å². The number of aryl methyl sites for hydroxylation is 1. The van der Waals surface area contributed by atoms with E-state index in [0.29, 0.717) is 6.42 Å². The van der Waals surface area contributed by atoms with E-state index in [1.807, 2.05) is 19.9 Å². The molecular weight excluding hydrogens is 178 g/mol. The predicted octanol–water partition coefficient (Wildman–Crippen LogP) is 0.598. The maximum absolute atomic E-state index is 8.92. The Morgan fingerprint density at radius 1 is 1.57 bits per heavy atom. The van der Waals surface area contributed by atoms with Crippen molar-refractivity contribution < 1.29 is 5.11 Å². The van der Waals surface area contributed by atoms with Gasteiger partial charge in [0.25, 0.3) is 0 Å². The Bertz CT molecular complexity index is 288. The maximum atomic E-state index is 8.92. The van der Waals surface area contributed by atoms with E-state index < -0.39 is 0 Å². The Morgan fingerprint density at radius 3 is 2.79 bits per heavy atom. The van der Waals surface area contributed by atoms with E-state index in [0.717, 1.165) is 11.5 Å². The molecule has 78 valence electrons. The van der Waals surface area contributed by atoms with Gasteiger partial charge in [0.05, 0.1) is 0 Å². The zero-order chi connectivity index (χ0) is 10.6. The van der Waals surface area contributed by atoms with E-state index in [9.17, 15) is 0 Å². The van der Waals surface area contributed by atoms with Crippen molar-refractivity contribution in [1.82, 2.24) is 9.97 Å². The van der Waals surface area contributed by atoms with Crippen molar-refractivity contribution in [2.24, 2.45) is 5.73 Å². The molecule has 0 aliphatic heterocycles. The van der Waals surface area contributed by atoms with Crippen molar-refractivity contribution in [3.63, 3.8) is 0 Å². The van der Waals surface area contributed by atoms with Crippen LogP contribution < -0.4 is 5.73 Å². The molecule has 4 nitrogen and oxygen atoms in total. The highest BCUT2D eigenvalue weighted by Crippen LogP contribution is 2.19. The van der Waals surface area contributed by atoms with Gasteiger partial charge in [0.15, 0.2) is 0 Å². The summed E-state index contributed by atoms with van der Waals surface area (Å²) >= 11 is 0. The monoisotopic (exact) mass is 195 g/mol. The fraction of sp³-hybridized carbons (Fsp3) is 0.600. The molecule has 0 radical (unpaired) electrons. The summed E-state index contributed by atoms with van der Waals surface area (Å²) in [7, 11) is 0. The van der Waals surface area contributed by atoms with Crippen LogP contribution in [0, 0.1) is 6.92 Å². The molecule has 1 aromatic rings. The van der Waals surface area contributed by atoms with E-state index >= 15 is 0 Å². The minimum absolute atomic E-state index is 0.00329. The topological polar surface area (TPSA) is 72.0 Å². The van der Waals surface area contributed by atoms with Crippen molar-refractivity contribution in [2.75, 3.05) is 6.61 Å². The number of nitrogens with two attached hydrogens (primary N) is 1. The second-order valence-corrected chi connectivity index (χ2v) is 3.51. The Hall–Kier alpha value is -1.00. The number of rotatable bonds is 4. The maximum Gasteiger partial charge on any atom is 0.125 e. The SMILES string of the molecule is Cc1nccc(C(CCO)C(C)N)n1. The second kappa shape index (κ2) is 5.02. The summed E-state index contributed by atoms with van der Waals surface area (Å²) in [5.74, 6) is 0.854. The summed E-state index contributed by atoms with van der Waals surface area (Å²) in [6.07, 6.45) is 2.37. The third-order valence-corrected chi connectivity index (χ3v) is 2.25. The largest absolute Gasteiger partial charge is 0.396 e. The van der Waals surface area contributed by atoms with Crippen molar-refractivity contribution in [3.8, 4) is 0 Å². The molecule has 4 heteroatoms. The molecule has 1 rings (SSSR count). The van der Waals surface area contributed by atoms with Crippen LogP contribution in [-0.2, 0) is 0 Å². The van der Waals surface area contributed by atoms with Crippen LogP contribution in [0.5, 0.6) is 0 Å². The first kappa shape index (κ1) is 11.1. The lowest BCUT2D eigenvalue weighted by atomic mass is 9.94. The van der Waals surface area contributed by atoms with Crippen LogP contribution in [0.3, 0.4) is 0 Å². The van der Waals surface area contributed by atoms with Crippen molar-refractivity contribution in [2.45, 2.75) is 32.2 Å². The van der Waals surface area contributed by atoms with Crippen LogP contribution in [0.4, 0.5) is 0 Å². The Balaban J connectivity index is 2.87. The van der Waals surface area contributed by atoms with Gasteiger partial charge >= 0.3 is 0 Å². The van der Waals surface area contributed by atoms with Crippen molar-refractivity contribution in [3.05, 3.63) is 23.8 Å². The van der Waals surface area contributed by atoms with Gasteiger partial charge < -0.3 is 10.8 Å². The van der Waals surface area contributed by atoms with Crippen molar-refractivity contribution in [1.29, 1.82) is 0 Å². The van der Waals surface area contributed by atoms with E-state index in [1.54, 1.807) is 6.20 Å². The molecule has 0 bridgehead atoms. The van der Waals surface area contributed by atoms with E-state index in [4.69, 9.17) is 10.8 Å². The lowest BCUT2D eigenvalue weighted by Crippen LogP contribution is -2.26. The lowest BCUT2D eigenvalue weighted by Gasteiger charge is -2.19. The van der Waals surface area contributed by atoms with Crippen LogP contribution >= 0.6 is 0 Å². The number of aromatic nitrogens is 2. The summed E-state index contributed by atoms with van der Waals surface area (Å²) < 4.78 is 0. The van der Waals surface area contributed by atoms with Crippen LogP contribution in [0.15, 0.2) is 12.3 Å². The fourth-order valence-corrected chi connectivity index (χ4v) is 1.50. The molecule has 0 aromatic carbocycles. The standard InChI is InChI=1S/C10H17N3O/c1-7(11)9(4-6-14)10-3-5-12-8(2)13-10/h3,5,7,9,14H,4,6,11H2,1-2H3. The first-order valence-corrected chi connectivity index (χ1v) is 4.81. The highest BCUT2D eigenvalue weighted by Gasteiger charge is 2.16. The quantitative estimate of drug-likeness (QED) is 0.738. The highest BCUT2D eigenvalue weighted by atomic mass is 16.3. The smallest absolute Gasteiger partial charge is 0.125 e. The van der Waals surface area contributed by atoms with Gasteiger partial charge in [-0.2, -0.15) is 0 Å². The minimum Gasteiger partial charge on any atom is -0.396 e. The molecule has 2 unspecified atom stereocenters. The molecule has 2 atom stereocenters. The van der Waals surface area contributed by atoms with Gasteiger partial charge in [0.2, 0.25) is 0 Å². The molecule has 0 saturated carbocycles. The van der Waals surface area contributed by atoms with Gasteiger partial charge in [-0.15, -0.1) is 0 Å². The van der Waals surface area contributed by atoms with E-state index in [1.165, 1.54) is 0 Å². The molecule has 3 N–H and O–H groups in total. The molecule has 0 fully saturated rings. The average Bonchev–Trinajstić information content (AvgIpc) is 2.13. The second-order valence-electron chi connectivity index (χ2n) is 3.51. The van der Waals surface area contributed by atoms with Crippen LogP contribution in [-0.4, -0.2) is 27.7 Å². The molecule has 0 aliphatic rings. The van der Waals surface area contributed by atoms with Gasteiger partial charge in [-0.25, -0.2) is 9.97 Å². The Kier molecular flexibility index (Phi) is 3.98. The molecule has 14 heavy (non-hydrogen) atoms. The molecular formula is C10H17N3O. The predicted molar refractivity (Wildman–Crippen MR) is 54.9 cm³/mol. The third kappa shape index (κ3) is 2.75. The molecule has 1 aromatic heterocycles. The average molecular weight is 195 g/mol. The summed E-state index contributed by atoms with van der Waals surface area (Å²) in [5.41, 5.74) is 6.75. The normalized spacial score (nSPS) is 15.1. The summed E-state index contributed by atoms with van der Waals surface area (Å²) in [6.45, 7) is 3.91. The lowest BCUT2D eigenvalue weighted by molar-refractivity contribution is 0.267. The summed E-state index contributed by atoms with van der Waals surface area (Å²) in [6, 6.07) is 1.85. The van der Waals surface area contributed by atoms with E-state index in [2.05, 4.69) is 9.97 Å². The number of hydrogen-bond acceptors (Lipinski definition) is 4. The van der Waals surface area contributed by atoms with Gasteiger partial charge in [0.1, 0.15) is 5.82 Å². The number of nitrogens with zero attached hydrogens (tertiary/aromatic N) is 2. The molecule has 0 aliphatic carbocycles. The fourth-order valence-electron chi connectivity index (χ4n) is 1.50. The van der Waals surface area contributed by atoms with Gasteiger partial charge in [-0.3, -0.25) is 0 Å². The van der Waals surface area contributed by atoms with Gasteiger partial charge in [-0.1, -0.05) is 0 Å². The number of hydrogen-bond donors (Lipinski definition) is 2. The third-order valence-electron chi connectivity index (χ3n) is 2.25. The molecule has 0 amide bonds. The summed E-state index contributed by atoms with van der Waals surface area (Å²) in [4.78, 5) is 8.34. The van der Waals surface area contributed by atoms with Crippen LogP contribution in [0.1, 0.15) is 30.8 Å². The number of aliphatic hydroxyl groups is 1. The molecule has 0 saturated heterocycles. The van der Waals surface area contributed by atoms with Gasteiger partial charge in [-0.05, 0) is 26.3 Å². The first-order chi connectivity index (χ1) is 6.65. The van der Waals surface area contributed by atoms with Crippen LogP contribution in [0.25, 0.3) is 0 Å². The zero-order valence-electron chi connectivity index (χ0n) is 8.64. The molecule has 1 heterocycles. The zero-order valence-corrected chi connectivity index (χ0v) is 8.64. The first-order valence-electron chi connectivity index (χ1n) is 4.81. The Morgan fingerprint density at radius 2 is 2.29 bits per heavy atom. The van der Waals surface area contributed by atoms with Crippen molar-refractivity contribution >= 4 is 0 Å². The Labute approximate surface area is 84.2 Å². The molecule has 0 spiro atoms. The summed E-state index contributed by atoms with van der Waals surface area (Å²) in [5, 5.41) is 8.92. The number of aliphatic hydroxyl groups excluding tert-OH is 1.